The van der Waals surface area contributed by atoms with E-state index in [0.29, 0.717) is 6.61 Å². The molecule has 90 valence electrons. The lowest BCUT2D eigenvalue weighted by atomic mass is 9.84. The molecule has 0 aromatic carbocycles. The number of rotatable bonds is 4. The summed E-state index contributed by atoms with van der Waals surface area (Å²) < 4.78 is 5.87. The quantitative estimate of drug-likeness (QED) is 0.784. The van der Waals surface area contributed by atoms with Crippen LogP contribution in [0.3, 0.4) is 0 Å². The number of ether oxygens (including phenoxy) is 1. The minimum atomic E-state index is -0.141. The molecule has 1 rings (SSSR count). The van der Waals surface area contributed by atoms with Gasteiger partial charge in [0.25, 0.3) is 0 Å². The summed E-state index contributed by atoms with van der Waals surface area (Å²) in [6, 6.07) is 1.81. The highest BCUT2D eigenvalue weighted by Crippen LogP contribution is 2.29. The van der Waals surface area contributed by atoms with Gasteiger partial charge in [-0.25, -0.2) is 9.97 Å². The van der Waals surface area contributed by atoms with Crippen LogP contribution in [0.15, 0.2) is 18.5 Å². The first kappa shape index (κ1) is 13.1. The third-order valence-corrected chi connectivity index (χ3v) is 2.17. The molecule has 0 saturated carbocycles. The lowest BCUT2D eigenvalue weighted by molar-refractivity contribution is -0.0562. The second-order valence-corrected chi connectivity index (χ2v) is 5.95. The summed E-state index contributed by atoms with van der Waals surface area (Å²) in [6.07, 6.45) is 4.48. The fourth-order valence-corrected chi connectivity index (χ4v) is 1.99. The molecule has 0 spiro atoms. The van der Waals surface area contributed by atoms with Crippen LogP contribution < -0.4 is 0 Å². The maximum Gasteiger partial charge on any atom is 0.153 e. The van der Waals surface area contributed by atoms with Crippen LogP contribution in [0.4, 0.5) is 0 Å². The second-order valence-electron chi connectivity index (χ2n) is 5.95. The molecule has 0 aliphatic rings. The average molecular weight is 222 g/mol. The molecule has 16 heavy (non-hydrogen) atoms. The van der Waals surface area contributed by atoms with Gasteiger partial charge in [-0.15, -0.1) is 0 Å². The zero-order valence-electron chi connectivity index (χ0n) is 10.9. The molecule has 0 unspecified atom stereocenters. The Morgan fingerprint density at radius 3 is 2.12 bits per heavy atom. The molecule has 1 aromatic rings. The van der Waals surface area contributed by atoms with Crippen molar-refractivity contribution in [3.8, 4) is 0 Å². The highest BCUT2D eigenvalue weighted by atomic mass is 16.5. The maximum atomic E-state index is 5.87. The topological polar surface area (TPSA) is 35.0 Å². The Morgan fingerprint density at radius 2 is 1.62 bits per heavy atom. The van der Waals surface area contributed by atoms with Gasteiger partial charge >= 0.3 is 0 Å². The Balaban J connectivity index is 2.48. The zero-order chi connectivity index (χ0) is 12.2. The van der Waals surface area contributed by atoms with Gasteiger partial charge in [0.15, 0.2) is 5.82 Å². The first-order valence-corrected chi connectivity index (χ1v) is 5.68. The molecular formula is C13H22N2O. The summed E-state index contributed by atoms with van der Waals surface area (Å²) in [6.45, 7) is 11.4. The van der Waals surface area contributed by atoms with E-state index in [1.54, 1.807) is 12.4 Å². The smallest absolute Gasteiger partial charge is 0.153 e. The summed E-state index contributed by atoms with van der Waals surface area (Å²) in [4.78, 5) is 8.28. The highest BCUT2D eigenvalue weighted by molar-refractivity contribution is 4.87. The molecule has 0 atom stereocenters. The van der Waals surface area contributed by atoms with Gasteiger partial charge in [-0.2, -0.15) is 0 Å². The van der Waals surface area contributed by atoms with E-state index in [0.717, 1.165) is 12.2 Å². The lowest BCUT2D eigenvalue weighted by Crippen LogP contribution is -2.30. The van der Waals surface area contributed by atoms with Crippen molar-refractivity contribution in [2.24, 2.45) is 5.41 Å². The summed E-state index contributed by atoms with van der Waals surface area (Å²) >= 11 is 0. The van der Waals surface area contributed by atoms with Gasteiger partial charge in [0, 0.05) is 12.4 Å². The van der Waals surface area contributed by atoms with Crippen LogP contribution >= 0.6 is 0 Å². The maximum absolute atomic E-state index is 5.87. The molecule has 0 radical (unpaired) electrons. The lowest BCUT2D eigenvalue weighted by Gasteiger charge is -2.32. The minimum Gasteiger partial charge on any atom is -0.368 e. The standard InChI is InChI=1S/C13H22N2O/c1-12(2,3)10-13(4,5)16-9-11-14-7-6-8-15-11/h6-8H,9-10H2,1-5H3. The van der Waals surface area contributed by atoms with Crippen LogP contribution in [0.1, 0.15) is 46.9 Å². The molecule has 0 bridgehead atoms. The summed E-state index contributed by atoms with van der Waals surface area (Å²) in [5, 5.41) is 0. The average Bonchev–Trinajstić information content (AvgIpc) is 2.13. The van der Waals surface area contributed by atoms with Crippen molar-refractivity contribution in [3.63, 3.8) is 0 Å². The molecule has 0 fully saturated rings. The van der Waals surface area contributed by atoms with E-state index in [1.165, 1.54) is 0 Å². The highest BCUT2D eigenvalue weighted by Gasteiger charge is 2.26. The van der Waals surface area contributed by atoms with E-state index in [9.17, 15) is 0 Å². The van der Waals surface area contributed by atoms with Crippen LogP contribution in [0.25, 0.3) is 0 Å². The molecule has 3 nitrogen and oxygen atoms in total. The molecule has 0 aliphatic heterocycles. The Morgan fingerprint density at radius 1 is 1.06 bits per heavy atom. The SMILES string of the molecule is CC(C)(C)CC(C)(C)OCc1ncccn1. The number of hydrogen-bond donors (Lipinski definition) is 0. The van der Waals surface area contributed by atoms with E-state index < -0.39 is 0 Å². The van der Waals surface area contributed by atoms with Crippen molar-refractivity contribution in [2.75, 3.05) is 0 Å². The van der Waals surface area contributed by atoms with Crippen molar-refractivity contribution in [3.05, 3.63) is 24.3 Å². The number of hydrogen-bond acceptors (Lipinski definition) is 3. The molecule has 1 heterocycles. The van der Waals surface area contributed by atoms with Crippen LogP contribution in [0.5, 0.6) is 0 Å². The monoisotopic (exact) mass is 222 g/mol. The van der Waals surface area contributed by atoms with Crippen molar-refractivity contribution in [2.45, 2.75) is 53.2 Å². The molecule has 0 N–H and O–H groups in total. The summed E-state index contributed by atoms with van der Waals surface area (Å²) in [7, 11) is 0. The largest absolute Gasteiger partial charge is 0.368 e. The van der Waals surface area contributed by atoms with E-state index in [-0.39, 0.29) is 11.0 Å². The molecule has 0 aliphatic carbocycles. The predicted molar refractivity (Wildman–Crippen MR) is 65.0 cm³/mol. The van der Waals surface area contributed by atoms with Crippen molar-refractivity contribution in [1.82, 2.24) is 9.97 Å². The summed E-state index contributed by atoms with van der Waals surface area (Å²) in [5.74, 6) is 0.740. The Hall–Kier alpha value is -0.960. The van der Waals surface area contributed by atoms with E-state index >= 15 is 0 Å². The van der Waals surface area contributed by atoms with Gasteiger partial charge in [-0.3, -0.25) is 0 Å². The summed E-state index contributed by atoms with van der Waals surface area (Å²) in [5.41, 5.74) is 0.124. The van der Waals surface area contributed by atoms with Crippen LogP contribution in [0, 0.1) is 5.41 Å². The van der Waals surface area contributed by atoms with Gasteiger partial charge in [0.1, 0.15) is 6.61 Å². The predicted octanol–water partition coefficient (Wildman–Crippen LogP) is 3.21. The molecule has 1 aromatic heterocycles. The van der Waals surface area contributed by atoms with Crippen molar-refractivity contribution < 1.29 is 4.74 Å². The van der Waals surface area contributed by atoms with Gasteiger partial charge in [-0.05, 0) is 31.7 Å². The third kappa shape index (κ3) is 5.21. The van der Waals surface area contributed by atoms with E-state index in [2.05, 4.69) is 44.6 Å². The van der Waals surface area contributed by atoms with E-state index in [1.807, 2.05) is 6.07 Å². The molecule has 0 saturated heterocycles. The van der Waals surface area contributed by atoms with Gasteiger partial charge in [0.2, 0.25) is 0 Å². The van der Waals surface area contributed by atoms with Crippen LogP contribution in [-0.4, -0.2) is 15.6 Å². The van der Waals surface area contributed by atoms with Crippen molar-refractivity contribution in [1.29, 1.82) is 0 Å². The van der Waals surface area contributed by atoms with Crippen LogP contribution in [-0.2, 0) is 11.3 Å². The molecule has 0 amide bonds. The third-order valence-electron chi connectivity index (χ3n) is 2.17. The zero-order valence-corrected chi connectivity index (χ0v) is 10.9. The first-order chi connectivity index (χ1) is 7.29. The number of aromatic nitrogens is 2. The van der Waals surface area contributed by atoms with E-state index in [4.69, 9.17) is 4.74 Å². The fourth-order valence-electron chi connectivity index (χ4n) is 1.99. The Kier molecular flexibility index (Phi) is 4.03. The van der Waals surface area contributed by atoms with Gasteiger partial charge in [0.05, 0.1) is 5.60 Å². The molecular weight excluding hydrogens is 200 g/mol. The fraction of sp³-hybridized carbons (Fsp3) is 0.692. The number of nitrogens with zero attached hydrogens (tertiary/aromatic N) is 2. The van der Waals surface area contributed by atoms with Gasteiger partial charge in [-0.1, -0.05) is 20.8 Å². The Bertz CT molecular complexity index is 314. The van der Waals surface area contributed by atoms with Crippen molar-refractivity contribution >= 4 is 0 Å². The second kappa shape index (κ2) is 4.91. The molecule has 3 heteroatoms. The van der Waals surface area contributed by atoms with Crippen LogP contribution in [0.2, 0.25) is 0 Å². The minimum absolute atomic E-state index is 0.141. The Labute approximate surface area is 98.3 Å². The van der Waals surface area contributed by atoms with Gasteiger partial charge < -0.3 is 4.74 Å². The first-order valence-electron chi connectivity index (χ1n) is 5.68. The normalized spacial score (nSPS) is 12.8.